The standard InChI is InChI=1S/C12H19N3O2/c1-17-9-3-2-6-13-11-12(16)15(8-7-14-11)10-4-5-10/h7-8,10H,2-6,9H2,1H3,(H,13,14). The number of aromatic nitrogens is 2. The summed E-state index contributed by atoms with van der Waals surface area (Å²) in [5, 5.41) is 3.09. The Morgan fingerprint density at radius 3 is 3.06 bits per heavy atom. The molecule has 0 aliphatic heterocycles. The van der Waals surface area contributed by atoms with Crippen LogP contribution < -0.4 is 10.9 Å². The van der Waals surface area contributed by atoms with Gasteiger partial charge < -0.3 is 14.6 Å². The predicted molar refractivity (Wildman–Crippen MR) is 66.4 cm³/mol. The van der Waals surface area contributed by atoms with Crippen molar-refractivity contribution in [1.82, 2.24) is 9.55 Å². The Labute approximate surface area is 101 Å². The molecule has 1 aliphatic rings. The number of nitrogens with one attached hydrogen (secondary N) is 1. The molecule has 17 heavy (non-hydrogen) atoms. The molecule has 1 aliphatic carbocycles. The Hall–Kier alpha value is -1.36. The van der Waals surface area contributed by atoms with Crippen LogP contribution in [0, 0.1) is 0 Å². The lowest BCUT2D eigenvalue weighted by Gasteiger charge is -2.07. The third kappa shape index (κ3) is 3.30. The van der Waals surface area contributed by atoms with Crippen molar-refractivity contribution in [2.45, 2.75) is 31.7 Å². The van der Waals surface area contributed by atoms with Gasteiger partial charge in [-0.2, -0.15) is 0 Å². The normalized spacial score (nSPS) is 14.9. The number of anilines is 1. The van der Waals surface area contributed by atoms with Gasteiger partial charge in [-0.1, -0.05) is 0 Å². The highest BCUT2D eigenvalue weighted by Gasteiger charge is 2.25. The molecule has 1 fully saturated rings. The molecule has 1 heterocycles. The van der Waals surface area contributed by atoms with Crippen molar-refractivity contribution in [3.05, 3.63) is 22.7 Å². The number of ether oxygens (including phenoxy) is 1. The number of rotatable bonds is 7. The van der Waals surface area contributed by atoms with Crippen LogP contribution in [-0.4, -0.2) is 29.8 Å². The van der Waals surface area contributed by atoms with E-state index in [1.165, 1.54) is 0 Å². The van der Waals surface area contributed by atoms with Crippen molar-refractivity contribution < 1.29 is 4.74 Å². The van der Waals surface area contributed by atoms with Gasteiger partial charge in [-0.15, -0.1) is 0 Å². The molecule has 0 saturated heterocycles. The maximum atomic E-state index is 12.0. The molecule has 0 bridgehead atoms. The van der Waals surface area contributed by atoms with E-state index in [1.54, 1.807) is 24.1 Å². The lowest BCUT2D eigenvalue weighted by atomic mass is 10.3. The molecule has 0 amide bonds. The second kappa shape index (κ2) is 5.82. The summed E-state index contributed by atoms with van der Waals surface area (Å²) in [4.78, 5) is 16.1. The Morgan fingerprint density at radius 2 is 2.35 bits per heavy atom. The molecule has 1 saturated carbocycles. The highest BCUT2D eigenvalue weighted by atomic mass is 16.5. The Kier molecular flexibility index (Phi) is 4.14. The van der Waals surface area contributed by atoms with Crippen LogP contribution in [0.1, 0.15) is 31.7 Å². The summed E-state index contributed by atoms with van der Waals surface area (Å²) in [6.45, 7) is 1.52. The van der Waals surface area contributed by atoms with Gasteiger partial charge in [0.1, 0.15) is 0 Å². The van der Waals surface area contributed by atoms with E-state index in [0.29, 0.717) is 11.9 Å². The Morgan fingerprint density at radius 1 is 1.53 bits per heavy atom. The maximum Gasteiger partial charge on any atom is 0.293 e. The van der Waals surface area contributed by atoms with E-state index in [1.807, 2.05) is 0 Å². The minimum atomic E-state index is 0.00161. The summed E-state index contributed by atoms with van der Waals surface area (Å²) in [5.41, 5.74) is 0.00161. The first-order valence-electron chi connectivity index (χ1n) is 6.13. The fourth-order valence-corrected chi connectivity index (χ4v) is 1.76. The van der Waals surface area contributed by atoms with Gasteiger partial charge in [0.15, 0.2) is 5.82 Å². The van der Waals surface area contributed by atoms with Crippen LogP contribution in [0.5, 0.6) is 0 Å². The van der Waals surface area contributed by atoms with Crippen LogP contribution in [0.3, 0.4) is 0 Å². The van der Waals surface area contributed by atoms with E-state index in [-0.39, 0.29) is 5.56 Å². The van der Waals surface area contributed by atoms with Crippen molar-refractivity contribution in [3.8, 4) is 0 Å². The quantitative estimate of drug-likeness (QED) is 0.729. The van der Waals surface area contributed by atoms with Gasteiger partial charge in [0.05, 0.1) is 0 Å². The number of hydrogen-bond donors (Lipinski definition) is 1. The highest BCUT2D eigenvalue weighted by molar-refractivity contribution is 5.30. The van der Waals surface area contributed by atoms with E-state index >= 15 is 0 Å². The van der Waals surface area contributed by atoms with Gasteiger partial charge in [-0.25, -0.2) is 4.98 Å². The summed E-state index contributed by atoms with van der Waals surface area (Å²) in [5.74, 6) is 0.469. The molecule has 5 nitrogen and oxygen atoms in total. The number of hydrogen-bond acceptors (Lipinski definition) is 4. The molecule has 0 unspecified atom stereocenters. The Bertz CT molecular complexity index is 412. The fourth-order valence-electron chi connectivity index (χ4n) is 1.76. The summed E-state index contributed by atoms with van der Waals surface area (Å²) in [6.07, 6.45) is 7.65. The van der Waals surface area contributed by atoms with Gasteiger partial charge in [0, 0.05) is 38.7 Å². The lowest BCUT2D eigenvalue weighted by molar-refractivity contribution is 0.194. The minimum absolute atomic E-state index is 0.00161. The summed E-state index contributed by atoms with van der Waals surface area (Å²) < 4.78 is 6.75. The average Bonchev–Trinajstić information content (AvgIpc) is 3.15. The van der Waals surface area contributed by atoms with Crippen molar-refractivity contribution >= 4 is 5.82 Å². The summed E-state index contributed by atoms with van der Waals surface area (Å²) in [7, 11) is 1.69. The molecule has 94 valence electrons. The summed E-state index contributed by atoms with van der Waals surface area (Å²) >= 11 is 0. The molecular weight excluding hydrogens is 218 g/mol. The SMILES string of the molecule is COCCCCNc1nccn(C2CC2)c1=O. The molecule has 1 aromatic heterocycles. The topological polar surface area (TPSA) is 56.1 Å². The van der Waals surface area contributed by atoms with Gasteiger partial charge in [-0.3, -0.25) is 4.79 Å². The minimum Gasteiger partial charge on any atom is -0.385 e. The van der Waals surface area contributed by atoms with Crippen LogP contribution >= 0.6 is 0 Å². The third-order valence-corrected chi connectivity index (χ3v) is 2.88. The number of methoxy groups -OCH3 is 1. The van der Waals surface area contributed by atoms with Crippen LogP contribution in [0.15, 0.2) is 17.2 Å². The largest absolute Gasteiger partial charge is 0.385 e. The first-order valence-corrected chi connectivity index (χ1v) is 6.13. The molecule has 1 N–H and O–H groups in total. The molecule has 1 aromatic rings. The van der Waals surface area contributed by atoms with Gasteiger partial charge in [0.2, 0.25) is 0 Å². The second-order valence-corrected chi connectivity index (χ2v) is 4.35. The van der Waals surface area contributed by atoms with Crippen molar-refractivity contribution in [2.24, 2.45) is 0 Å². The van der Waals surface area contributed by atoms with Crippen LogP contribution in [-0.2, 0) is 4.74 Å². The number of unbranched alkanes of at least 4 members (excludes halogenated alkanes) is 1. The zero-order valence-corrected chi connectivity index (χ0v) is 10.2. The van der Waals surface area contributed by atoms with E-state index in [2.05, 4.69) is 10.3 Å². The molecule has 0 aromatic carbocycles. The van der Waals surface area contributed by atoms with E-state index in [9.17, 15) is 4.79 Å². The third-order valence-electron chi connectivity index (χ3n) is 2.88. The molecule has 5 heteroatoms. The Balaban J connectivity index is 1.87. The summed E-state index contributed by atoms with van der Waals surface area (Å²) in [6, 6.07) is 0.402. The first-order chi connectivity index (χ1) is 8.33. The smallest absolute Gasteiger partial charge is 0.293 e. The fraction of sp³-hybridized carbons (Fsp3) is 0.667. The number of nitrogens with zero attached hydrogens (tertiary/aromatic N) is 2. The maximum absolute atomic E-state index is 12.0. The van der Waals surface area contributed by atoms with Crippen molar-refractivity contribution in [1.29, 1.82) is 0 Å². The first kappa shape index (κ1) is 12.1. The predicted octanol–water partition coefficient (Wildman–Crippen LogP) is 1.42. The van der Waals surface area contributed by atoms with Crippen LogP contribution in [0.4, 0.5) is 5.82 Å². The monoisotopic (exact) mass is 237 g/mol. The molecule has 0 radical (unpaired) electrons. The molecule has 0 spiro atoms. The van der Waals surface area contributed by atoms with E-state index in [4.69, 9.17) is 4.74 Å². The average molecular weight is 237 g/mol. The van der Waals surface area contributed by atoms with Gasteiger partial charge in [0.25, 0.3) is 5.56 Å². The highest BCUT2D eigenvalue weighted by Crippen LogP contribution is 2.33. The van der Waals surface area contributed by atoms with Gasteiger partial charge >= 0.3 is 0 Å². The molecule has 2 rings (SSSR count). The zero-order valence-electron chi connectivity index (χ0n) is 10.2. The lowest BCUT2D eigenvalue weighted by Crippen LogP contribution is -2.24. The zero-order chi connectivity index (χ0) is 12.1. The molecule has 0 atom stereocenters. The van der Waals surface area contributed by atoms with Crippen LogP contribution in [0.2, 0.25) is 0 Å². The molecular formula is C12H19N3O2. The van der Waals surface area contributed by atoms with Crippen molar-refractivity contribution in [3.63, 3.8) is 0 Å². The van der Waals surface area contributed by atoms with Crippen LogP contribution in [0.25, 0.3) is 0 Å². The van der Waals surface area contributed by atoms with Gasteiger partial charge in [-0.05, 0) is 25.7 Å². The van der Waals surface area contributed by atoms with E-state index in [0.717, 1.165) is 38.8 Å². The van der Waals surface area contributed by atoms with E-state index < -0.39 is 0 Å². The second-order valence-electron chi connectivity index (χ2n) is 4.35. The van der Waals surface area contributed by atoms with Crippen molar-refractivity contribution in [2.75, 3.05) is 25.6 Å².